The number of aromatic nitrogens is 2. The van der Waals surface area contributed by atoms with E-state index in [2.05, 4.69) is 30.8 Å². The van der Waals surface area contributed by atoms with Gasteiger partial charge in [-0.3, -0.25) is 4.79 Å². The second-order valence-corrected chi connectivity index (χ2v) is 9.06. The lowest BCUT2D eigenvalue weighted by molar-refractivity contribution is -0.114. The van der Waals surface area contributed by atoms with Crippen LogP contribution in [0.15, 0.2) is 63.4 Å². The van der Waals surface area contributed by atoms with Gasteiger partial charge in [0.1, 0.15) is 5.82 Å². The lowest BCUT2D eigenvalue weighted by Gasteiger charge is -2.30. The average Bonchev–Trinajstić information content (AvgIpc) is 3.26. The number of nitrogens with zero attached hydrogens (tertiary/aromatic N) is 4. The Labute approximate surface area is 191 Å². The number of thiophene rings is 1. The number of hydrogen-bond acceptors (Lipinski definition) is 9. The summed E-state index contributed by atoms with van der Waals surface area (Å²) in [6.45, 7) is 2.03. The van der Waals surface area contributed by atoms with Crippen molar-refractivity contribution in [2.75, 3.05) is 5.32 Å². The van der Waals surface area contributed by atoms with Gasteiger partial charge in [0.05, 0.1) is 10.6 Å². The van der Waals surface area contributed by atoms with Crippen LogP contribution in [0.5, 0.6) is 0 Å². The molecule has 6 N–H and O–H groups in total. The maximum atomic E-state index is 12.2. The Morgan fingerprint density at radius 3 is 2.72 bits per heavy atom. The maximum Gasteiger partial charge on any atom is 0.271 e. The van der Waals surface area contributed by atoms with Crippen molar-refractivity contribution >= 4 is 22.9 Å². The van der Waals surface area contributed by atoms with Gasteiger partial charge in [-0.25, -0.2) is 9.97 Å². The van der Waals surface area contributed by atoms with Crippen LogP contribution in [0.2, 0.25) is 0 Å². The third kappa shape index (κ3) is 5.20. The molecule has 1 fully saturated rings. The fourth-order valence-electron chi connectivity index (χ4n) is 3.92. The first-order valence-corrected chi connectivity index (χ1v) is 11.7. The third-order valence-corrected chi connectivity index (χ3v) is 6.65. The van der Waals surface area contributed by atoms with Crippen molar-refractivity contribution in [3.05, 3.63) is 53.2 Å². The zero-order chi connectivity index (χ0) is 22.5. The van der Waals surface area contributed by atoms with Gasteiger partial charge in [-0.1, -0.05) is 19.8 Å². The van der Waals surface area contributed by atoms with Crippen molar-refractivity contribution in [1.29, 1.82) is 0 Å². The number of amides is 1. The molecule has 1 aliphatic heterocycles. The number of anilines is 1. The SMILES string of the molecule is CC1C/C=C(N[C@@H]2CCCC[C@@H]2N)/N=N\C(C(N)=O)=C/1Nc1csc(-c2ncccn2)c1. The molecule has 0 saturated heterocycles. The first-order valence-electron chi connectivity index (χ1n) is 10.8. The van der Waals surface area contributed by atoms with Crippen molar-refractivity contribution < 1.29 is 4.79 Å². The van der Waals surface area contributed by atoms with E-state index in [-0.39, 0.29) is 23.7 Å². The summed E-state index contributed by atoms with van der Waals surface area (Å²) in [5.41, 5.74) is 13.5. The van der Waals surface area contributed by atoms with Crippen LogP contribution < -0.4 is 22.1 Å². The van der Waals surface area contributed by atoms with E-state index >= 15 is 0 Å². The molecule has 0 radical (unpaired) electrons. The van der Waals surface area contributed by atoms with Crippen LogP contribution in [0.4, 0.5) is 5.69 Å². The Morgan fingerprint density at radius 2 is 1.97 bits per heavy atom. The highest BCUT2D eigenvalue weighted by molar-refractivity contribution is 7.14. The lowest BCUT2D eigenvalue weighted by Crippen LogP contribution is -2.46. The minimum atomic E-state index is -0.624. The van der Waals surface area contributed by atoms with Gasteiger partial charge in [-0.2, -0.15) is 0 Å². The van der Waals surface area contributed by atoms with E-state index in [1.165, 1.54) is 11.3 Å². The summed E-state index contributed by atoms with van der Waals surface area (Å²) in [6.07, 6.45) is 10.4. The summed E-state index contributed by atoms with van der Waals surface area (Å²) in [6, 6.07) is 3.97. The molecule has 2 aliphatic rings. The van der Waals surface area contributed by atoms with Gasteiger partial charge in [-0.05, 0) is 37.5 Å². The number of hydrogen-bond donors (Lipinski definition) is 4. The first-order chi connectivity index (χ1) is 15.5. The predicted octanol–water partition coefficient (Wildman–Crippen LogP) is 3.51. The minimum Gasteiger partial charge on any atom is -0.365 e. The highest BCUT2D eigenvalue weighted by atomic mass is 32.1. The zero-order valence-electron chi connectivity index (χ0n) is 18.0. The van der Waals surface area contributed by atoms with Crippen molar-refractivity contribution in [3.63, 3.8) is 0 Å². The summed E-state index contributed by atoms with van der Waals surface area (Å²) >= 11 is 1.52. The van der Waals surface area contributed by atoms with E-state index in [0.717, 1.165) is 36.2 Å². The number of nitrogens with two attached hydrogens (primary N) is 2. The molecule has 2 aromatic rings. The molecule has 1 aliphatic carbocycles. The largest absolute Gasteiger partial charge is 0.365 e. The molecular formula is C22H28N8OS. The van der Waals surface area contributed by atoms with E-state index in [1.807, 2.05) is 24.4 Å². The van der Waals surface area contributed by atoms with Gasteiger partial charge < -0.3 is 22.1 Å². The van der Waals surface area contributed by atoms with Crippen molar-refractivity contribution in [3.8, 4) is 10.7 Å². The summed E-state index contributed by atoms with van der Waals surface area (Å²) in [5, 5.41) is 17.2. The topological polar surface area (TPSA) is 144 Å². The van der Waals surface area contributed by atoms with Gasteiger partial charge in [0.15, 0.2) is 11.5 Å². The zero-order valence-corrected chi connectivity index (χ0v) is 18.8. The van der Waals surface area contributed by atoms with Crippen molar-refractivity contribution in [2.45, 2.75) is 51.1 Å². The van der Waals surface area contributed by atoms with Gasteiger partial charge in [0, 0.05) is 41.5 Å². The monoisotopic (exact) mass is 452 g/mol. The van der Waals surface area contributed by atoms with E-state index in [4.69, 9.17) is 11.5 Å². The molecule has 32 heavy (non-hydrogen) atoms. The van der Waals surface area contributed by atoms with Crippen molar-refractivity contribution in [1.82, 2.24) is 15.3 Å². The molecule has 0 spiro atoms. The Balaban J connectivity index is 1.55. The molecule has 0 bridgehead atoms. The van der Waals surface area contributed by atoms with Crippen LogP contribution >= 0.6 is 11.3 Å². The number of primary amides is 1. The number of carbonyl (C=O) groups excluding carboxylic acids is 1. The fraction of sp³-hybridized carbons (Fsp3) is 0.409. The lowest BCUT2D eigenvalue weighted by atomic mass is 9.91. The molecule has 10 heteroatoms. The van der Waals surface area contributed by atoms with Gasteiger partial charge >= 0.3 is 0 Å². The van der Waals surface area contributed by atoms with E-state index < -0.39 is 5.91 Å². The molecule has 3 atom stereocenters. The normalized spacial score (nSPS) is 28.7. The summed E-state index contributed by atoms with van der Waals surface area (Å²) in [7, 11) is 0. The number of nitrogens with one attached hydrogen (secondary N) is 2. The van der Waals surface area contributed by atoms with Crippen LogP contribution in [0.1, 0.15) is 39.0 Å². The molecule has 1 saturated carbocycles. The molecule has 3 heterocycles. The van der Waals surface area contributed by atoms with Crippen molar-refractivity contribution in [2.24, 2.45) is 27.6 Å². The van der Waals surface area contributed by atoms with Crippen LogP contribution in [-0.4, -0.2) is 28.0 Å². The number of azo groups is 1. The van der Waals surface area contributed by atoms with E-state index in [0.29, 0.717) is 23.8 Å². The Hall–Kier alpha value is -3.11. The van der Waals surface area contributed by atoms with E-state index in [1.54, 1.807) is 18.5 Å². The van der Waals surface area contributed by atoms with Gasteiger partial charge in [-0.15, -0.1) is 21.6 Å². The molecule has 4 rings (SSSR count). The minimum absolute atomic E-state index is 0.0232. The summed E-state index contributed by atoms with van der Waals surface area (Å²) in [4.78, 5) is 21.7. The van der Waals surface area contributed by atoms with Crippen LogP contribution in [0, 0.1) is 5.92 Å². The van der Waals surface area contributed by atoms with Crippen LogP contribution in [0.25, 0.3) is 10.7 Å². The molecule has 9 nitrogen and oxygen atoms in total. The fourth-order valence-corrected chi connectivity index (χ4v) is 4.71. The molecule has 2 aromatic heterocycles. The molecule has 1 amide bonds. The number of carbonyl (C=O) groups is 1. The Bertz CT molecular complexity index is 1050. The second-order valence-electron chi connectivity index (χ2n) is 8.15. The number of rotatable bonds is 6. The molecule has 1 unspecified atom stereocenters. The first kappa shape index (κ1) is 22.1. The molecule has 168 valence electrons. The Morgan fingerprint density at radius 1 is 1.19 bits per heavy atom. The third-order valence-electron chi connectivity index (χ3n) is 5.72. The van der Waals surface area contributed by atoms with E-state index in [9.17, 15) is 4.79 Å². The van der Waals surface area contributed by atoms with Crippen LogP contribution in [0.3, 0.4) is 0 Å². The average molecular weight is 453 g/mol. The highest BCUT2D eigenvalue weighted by Gasteiger charge is 2.24. The van der Waals surface area contributed by atoms with Crippen LogP contribution in [-0.2, 0) is 4.79 Å². The second kappa shape index (κ2) is 10.0. The molecular weight excluding hydrogens is 424 g/mol. The summed E-state index contributed by atoms with van der Waals surface area (Å²) < 4.78 is 0. The molecule has 0 aromatic carbocycles. The number of allylic oxidation sites excluding steroid dienone is 2. The predicted molar refractivity (Wildman–Crippen MR) is 125 cm³/mol. The smallest absolute Gasteiger partial charge is 0.271 e. The van der Waals surface area contributed by atoms with Gasteiger partial charge in [0.25, 0.3) is 5.91 Å². The summed E-state index contributed by atoms with van der Waals surface area (Å²) in [5.74, 6) is 0.640. The Kier molecular flexibility index (Phi) is 6.91. The quantitative estimate of drug-likeness (QED) is 0.528. The van der Waals surface area contributed by atoms with Gasteiger partial charge in [0.2, 0.25) is 0 Å². The highest BCUT2D eigenvalue weighted by Crippen LogP contribution is 2.31. The maximum absolute atomic E-state index is 12.2. The standard InChI is InChI=1S/C22H28N8OS/c1-13-7-8-18(28-16-6-3-2-5-15(16)23)29-30-20(21(24)31)19(13)27-14-11-17(32-12-14)22-25-9-4-10-26-22/h4,8-13,15-16,27-28H,2-3,5-7,23H2,1H3,(H2,24,31)/b18-8+,20-19+,30-29-/t13?,15-,16+/m0/s1.